The fourth-order valence-electron chi connectivity index (χ4n) is 3.73. The Morgan fingerprint density at radius 3 is 1.30 bits per heavy atom. The number of aliphatic hydroxyl groups is 1. The van der Waals surface area contributed by atoms with E-state index in [1.807, 2.05) is 0 Å². The number of rotatable bonds is 22. The van der Waals surface area contributed by atoms with Crippen LogP contribution in [0.15, 0.2) is 0 Å². The molecule has 3 heteroatoms. The number of aliphatic hydroxyl groups excluding tert-OH is 1. The number of aliphatic carboxylic acids is 1. The third-order valence-electron chi connectivity index (χ3n) is 5.57. The van der Waals surface area contributed by atoms with Crippen molar-refractivity contribution >= 4 is 5.97 Å². The predicted molar refractivity (Wildman–Crippen MR) is 116 cm³/mol. The molecule has 0 saturated carbocycles. The van der Waals surface area contributed by atoms with E-state index in [0.29, 0.717) is 6.42 Å². The summed E-state index contributed by atoms with van der Waals surface area (Å²) in [5.41, 5.74) is 0. The van der Waals surface area contributed by atoms with Gasteiger partial charge in [-0.1, -0.05) is 116 Å². The van der Waals surface area contributed by atoms with Gasteiger partial charge in [0.2, 0.25) is 0 Å². The number of carbonyl (C=O) groups is 1. The van der Waals surface area contributed by atoms with E-state index in [-0.39, 0.29) is 6.10 Å². The Balaban J connectivity index is 3.12. The molecule has 0 bridgehead atoms. The zero-order valence-corrected chi connectivity index (χ0v) is 18.2. The lowest BCUT2D eigenvalue weighted by atomic mass is 10.0. The van der Waals surface area contributed by atoms with Crippen LogP contribution in [0, 0.1) is 0 Å². The first-order valence-electron chi connectivity index (χ1n) is 12.1. The van der Waals surface area contributed by atoms with E-state index in [4.69, 9.17) is 5.11 Å². The molecule has 0 aromatic carbocycles. The van der Waals surface area contributed by atoms with Gasteiger partial charge in [0, 0.05) is 6.42 Å². The second-order valence-corrected chi connectivity index (χ2v) is 8.39. The van der Waals surface area contributed by atoms with Crippen LogP contribution in [-0.2, 0) is 4.79 Å². The van der Waals surface area contributed by atoms with E-state index in [1.165, 1.54) is 103 Å². The summed E-state index contributed by atoms with van der Waals surface area (Å²) < 4.78 is 0. The maximum absolute atomic E-state index is 10.4. The number of carboxylic acid groups (broad SMARTS) is 1. The van der Waals surface area contributed by atoms with Crippen LogP contribution < -0.4 is 0 Å². The lowest BCUT2D eigenvalue weighted by Crippen LogP contribution is -2.05. The molecule has 0 rings (SSSR count). The Kier molecular flexibility index (Phi) is 21.3. The Morgan fingerprint density at radius 1 is 0.593 bits per heavy atom. The molecule has 0 heterocycles. The van der Waals surface area contributed by atoms with Crippen molar-refractivity contribution in [3.05, 3.63) is 0 Å². The Bertz CT molecular complexity index is 304. The molecule has 162 valence electrons. The third-order valence-corrected chi connectivity index (χ3v) is 5.57. The van der Waals surface area contributed by atoms with Crippen LogP contribution >= 0.6 is 0 Å². The van der Waals surface area contributed by atoms with E-state index >= 15 is 0 Å². The molecule has 0 aliphatic heterocycles. The predicted octanol–water partition coefficient (Wildman–Crippen LogP) is 7.64. The normalized spacial score (nSPS) is 12.4. The SMILES string of the molecule is CCCCCCCCC(O)CCCCCCCCCCCCCCC(=O)O. The molecule has 0 aliphatic rings. The standard InChI is InChI=1S/C24H48O3/c1-2-3-4-5-14-17-20-23(25)21-18-15-12-10-8-6-7-9-11-13-16-19-22-24(26)27/h23,25H,2-22H2,1H3,(H,26,27). The second-order valence-electron chi connectivity index (χ2n) is 8.39. The van der Waals surface area contributed by atoms with Crippen molar-refractivity contribution in [3.63, 3.8) is 0 Å². The van der Waals surface area contributed by atoms with Gasteiger partial charge in [0.15, 0.2) is 0 Å². The summed E-state index contributed by atoms with van der Waals surface area (Å²) in [6.45, 7) is 2.25. The van der Waals surface area contributed by atoms with Crippen LogP contribution in [0.5, 0.6) is 0 Å². The van der Waals surface area contributed by atoms with Gasteiger partial charge in [-0.05, 0) is 19.3 Å². The van der Waals surface area contributed by atoms with Gasteiger partial charge in [-0.15, -0.1) is 0 Å². The van der Waals surface area contributed by atoms with Crippen LogP contribution in [0.4, 0.5) is 0 Å². The number of carboxylic acids is 1. The summed E-state index contributed by atoms with van der Waals surface area (Å²) in [6.07, 6.45) is 24.9. The van der Waals surface area contributed by atoms with Crippen LogP contribution in [0.3, 0.4) is 0 Å². The summed E-state index contributed by atoms with van der Waals surface area (Å²) in [4.78, 5) is 10.4. The summed E-state index contributed by atoms with van der Waals surface area (Å²) in [5.74, 6) is -0.665. The van der Waals surface area contributed by atoms with Crippen LogP contribution in [0.1, 0.15) is 142 Å². The zero-order chi connectivity index (χ0) is 20.0. The Morgan fingerprint density at radius 2 is 0.926 bits per heavy atom. The number of unbranched alkanes of at least 4 members (excludes halogenated alkanes) is 16. The maximum Gasteiger partial charge on any atom is 0.303 e. The summed E-state index contributed by atoms with van der Waals surface area (Å²) >= 11 is 0. The summed E-state index contributed by atoms with van der Waals surface area (Å²) in [6, 6.07) is 0. The minimum Gasteiger partial charge on any atom is -0.481 e. The van der Waals surface area contributed by atoms with Gasteiger partial charge in [0.05, 0.1) is 6.10 Å². The van der Waals surface area contributed by atoms with Crippen LogP contribution in [-0.4, -0.2) is 22.3 Å². The van der Waals surface area contributed by atoms with Gasteiger partial charge < -0.3 is 10.2 Å². The molecule has 27 heavy (non-hydrogen) atoms. The summed E-state index contributed by atoms with van der Waals surface area (Å²) in [7, 11) is 0. The van der Waals surface area contributed by atoms with Crippen molar-refractivity contribution in [2.75, 3.05) is 0 Å². The van der Waals surface area contributed by atoms with Crippen molar-refractivity contribution in [1.82, 2.24) is 0 Å². The topological polar surface area (TPSA) is 57.5 Å². The minimum atomic E-state index is -0.665. The fourth-order valence-corrected chi connectivity index (χ4v) is 3.73. The van der Waals surface area contributed by atoms with Crippen molar-refractivity contribution in [3.8, 4) is 0 Å². The molecule has 1 atom stereocenters. The number of hydrogen-bond donors (Lipinski definition) is 2. The fraction of sp³-hybridized carbons (Fsp3) is 0.958. The van der Waals surface area contributed by atoms with Gasteiger partial charge in [-0.2, -0.15) is 0 Å². The van der Waals surface area contributed by atoms with Gasteiger partial charge in [0.1, 0.15) is 0 Å². The lowest BCUT2D eigenvalue weighted by molar-refractivity contribution is -0.137. The monoisotopic (exact) mass is 384 g/mol. The molecule has 0 amide bonds. The molecule has 0 aromatic rings. The molecule has 2 N–H and O–H groups in total. The van der Waals surface area contributed by atoms with Gasteiger partial charge >= 0.3 is 5.97 Å². The molecular weight excluding hydrogens is 336 g/mol. The average molecular weight is 385 g/mol. The molecule has 0 saturated heterocycles. The highest BCUT2D eigenvalue weighted by molar-refractivity contribution is 5.66. The van der Waals surface area contributed by atoms with Gasteiger partial charge in [0.25, 0.3) is 0 Å². The first kappa shape index (κ1) is 26.4. The van der Waals surface area contributed by atoms with E-state index in [1.54, 1.807) is 0 Å². The minimum absolute atomic E-state index is 0.0633. The molecular formula is C24H48O3. The van der Waals surface area contributed by atoms with Crippen molar-refractivity contribution in [2.24, 2.45) is 0 Å². The summed E-state index contributed by atoms with van der Waals surface area (Å²) in [5, 5.41) is 18.6. The van der Waals surface area contributed by atoms with Crippen molar-refractivity contribution in [2.45, 2.75) is 148 Å². The molecule has 0 radical (unpaired) electrons. The average Bonchev–Trinajstić information content (AvgIpc) is 2.64. The number of hydrogen-bond acceptors (Lipinski definition) is 2. The van der Waals surface area contributed by atoms with Crippen molar-refractivity contribution < 1.29 is 15.0 Å². The van der Waals surface area contributed by atoms with Gasteiger partial charge in [-0.25, -0.2) is 0 Å². The smallest absolute Gasteiger partial charge is 0.303 e. The first-order valence-corrected chi connectivity index (χ1v) is 12.1. The van der Waals surface area contributed by atoms with Crippen LogP contribution in [0.25, 0.3) is 0 Å². The molecule has 1 unspecified atom stereocenters. The van der Waals surface area contributed by atoms with E-state index in [2.05, 4.69) is 6.92 Å². The van der Waals surface area contributed by atoms with E-state index < -0.39 is 5.97 Å². The molecule has 0 spiro atoms. The van der Waals surface area contributed by atoms with Crippen LogP contribution in [0.2, 0.25) is 0 Å². The largest absolute Gasteiger partial charge is 0.481 e. The van der Waals surface area contributed by atoms with E-state index in [0.717, 1.165) is 25.7 Å². The van der Waals surface area contributed by atoms with E-state index in [9.17, 15) is 9.90 Å². The highest BCUT2D eigenvalue weighted by Crippen LogP contribution is 2.15. The Labute approximate surface area is 169 Å². The molecule has 3 nitrogen and oxygen atoms in total. The Hall–Kier alpha value is -0.570. The maximum atomic E-state index is 10.4. The zero-order valence-electron chi connectivity index (χ0n) is 18.2. The molecule has 0 aliphatic carbocycles. The highest BCUT2D eigenvalue weighted by Gasteiger charge is 2.03. The second kappa shape index (κ2) is 21.7. The first-order chi connectivity index (χ1) is 13.2. The molecule has 0 aromatic heterocycles. The quantitative estimate of drug-likeness (QED) is 0.188. The molecule has 0 fully saturated rings. The third kappa shape index (κ3) is 23.4. The van der Waals surface area contributed by atoms with Gasteiger partial charge in [-0.3, -0.25) is 4.79 Å². The lowest BCUT2D eigenvalue weighted by Gasteiger charge is -2.10. The highest BCUT2D eigenvalue weighted by atomic mass is 16.4. The van der Waals surface area contributed by atoms with Crippen molar-refractivity contribution in [1.29, 1.82) is 0 Å².